The van der Waals surface area contributed by atoms with E-state index in [1.165, 1.54) is 0 Å². The molecule has 0 saturated carbocycles. The van der Waals surface area contributed by atoms with Crippen molar-refractivity contribution in [1.82, 2.24) is 9.66 Å². The summed E-state index contributed by atoms with van der Waals surface area (Å²) in [7, 11) is 0. The van der Waals surface area contributed by atoms with Gasteiger partial charge in [0.05, 0.1) is 11.0 Å². The molecule has 0 fully saturated rings. The summed E-state index contributed by atoms with van der Waals surface area (Å²) in [6.07, 6.45) is 3.66. The van der Waals surface area contributed by atoms with Gasteiger partial charge < -0.3 is 5.11 Å². The van der Waals surface area contributed by atoms with Gasteiger partial charge in [0.15, 0.2) is 5.16 Å². The molecule has 1 atom stereocenters. The number of benzene rings is 1. The van der Waals surface area contributed by atoms with Crippen molar-refractivity contribution in [2.45, 2.75) is 69.7 Å². The highest BCUT2D eigenvalue weighted by atomic mass is 32.2. The Morgan fingerprint density at radius 2 is 1.60 bits per heavy atom. The number of thioether (sulfide) groups is 1. The van der Waals surface area contributed by atoms with Crippen molar-refractivity contribution in [3.8, 4) is 5.75 Å². The average Bonchev–Trinajstić information content (AvgIpc) is 2.91. The molecule has 3 rings (SSSR count). The molecular weight excluding hydrogens is 330 g/mol. The van der Waals surface area contributed by atoms with Crippen molar-refractivity contribution >= 4 is 17.5 Å². The highest BCUT2D eigenvalue weighted by Crippen LogP contribution is 2.41. The number of rotatable bonds is 1. The van der Waals surface area contributed by atoms with Gasteiger partial charge in [-0.25, -0.2) is 9.66 Å². The van der Waals surface area contributed by atoms with Crippen molar-refractivity contribution in [3.63, 3.8) is 0 Å². The lowest BCUT2D eigenvalue weighted by Crippen LogP contribution is -2.24. The Morgan fingerprint density at radius 1 is 1.04 bits per heavy atom. The minimum Gasteiger partial charge on any atom is -0.507 e. The molecule has 1 aromatic heterocycles. The van der Waals surface area contributed by atoms with E-state index in [0.29, 0.717) is 5.75 Å². The van der Waals surface area contributed by atoms with Crippen LogP contribution in [0.5, 0.6) is 5.75 Å². The molecule has 1 aliphatic rings. The summed E-state index contributed by atoms with van der Waals surface area (Å²) in [5.41, 5.74) is 3.73. The fourth-order valence-electron chi connectivity index (χ4n) is 3.07. The molecule has 0 aliphatic carbocycles. The largest absolute Gasteiger partial charge is 0.507 e. The Bertz CT molecular complexity index is 802. The second-order valence-electron chi connectivity index (χ2n) is 8.72. The van der Waals surface area contributed by atoms with Crippen molar-refractivity contribution in [1.29, 1.82) is 0 Å². The number of aromatic nitrogens is 2. The van der Waals surface area contributed by atoms with E-state index < -0.39 is 0 Å². The second kappa shape index (κ2) is 5.90. The first kappa shape index (κ1) is 18.1. The zero-order valence-corrected chi connectivity index (χ0v) is 16.9. The summed E-state index contributed by atoms with van der Waals surface area (Å²) in [6, 6.07) is 4.20. The van der Waals surface area contributed by atoms with E-state index in [4.69, 9.17) is 5.10 Å². The first-order valence-electron chi connectivity index (χ1n) is 8.65. The molecule has 5 heteroatoms. The van der Waals surface area contributed by atoms with Crippen LogP contribution in [0.3, 0.4) is 0 Å². The first-order valence-corrected chi connectivity index (χ1v) is 9.53. The lowest BCUT2D eigenvalue weighted by molar-refractivity contribution is 0.423. The van der Waals surface area contributed by atoms with Crippen LogP contribution in [0.15, 0.2) is 34.8 Å². The maximum absolute atomic E-state index is 10.9. The topological polar surface area (TPSA) is 50.4 Å². The van der Waals surface area contributed by atoms with E-state index >= 15 is 0 Å². The van der Waals surface area contributed by atoms with Crippen LogP contribution < -0.4 is 0 Å². The van der Waals surface area contributed by atoms with E-state index in [1.54, 1.807) is 18.0 Å². The average molecular weight is 358 g/mol. The number of nitrogens with zero attached hydrogens (tertiary/aromatic N) is 3. The fourth-order valence-corrected chi connectivity index (χ4v) is 4.02. The summed E-state index contributed by atoms with van der Waals surface area (Å²) >= 11 is 1.71. The Balaban J connectivity index is 2.24. The Kier molecular flexibility index (Phi) is 4.26. The van der Waals surface area contributed by atoms with Gasteiger partial charge in [-0.15, -0.1) is 0 Å². The van der Waals surface area contributed by atoms with Gasteiger partial charge in [-0.3, -0.25) is 0 Å². The Labute approximate surface area is 154 Å². The number of fused-ring (bicyclic) bond motifs is 1. The van der Waals surface area contributed by atoms with E-state index in [0.717, 1.165) is 27.6 Å². The third kappa shape index (κ3) is 3.34. The third-order valence-electron chi connectivity index (χ3n) is 4.49. The Hall–Kier alpha value is -1.75. The van der Waals surface area contributed by atoms with Crippen molar-refractivity contribution in [2.75, 3.05) is 0 Å². The van der Waals surface area contributed by atoms with Crippen LogP contribution in [0.2, 0.25) is 0 Å². The van der Waals surface area contributed by atoms with E-state index in [9.17, 15) is 5.11 Å². The predicted molar refractivity (Wildman–Crippen MR) is 105 cm³/mol. The monoisotopic (exact) mass is 357 g/mol. The Morgan fingerprint density at radius 3 is 2.12 bits per heavy atom. The second-order valence-corrected chi connectivity index (χ2v) is 10.0. The highest BCUT2D eigenvalue weighted by Gasteiger charge is 2.30. The van der Waals surface area contributed by atoms with Gasteiger partial charge in [-0.05, 0) is 35.4 Å². The zero-order valence-electron chi connectivity index (χ0n) is 16.1. The van der Waals surface area contributed by atoms with Crippen molar-refractivity contribution in [3.05, 3.63) is 41.2 Å². The van der Waals surface area contributed by atoms with Crippen LogP contribution in [0.1, 0.15) is 65.2 Å². The first-order chi connectivity index (χ1) is 11.5. The quantitative estimate of drug-likeness (QED) is 0.787. The van der Waals surface area contributed by atoms with Gasteiger partial charge in [0.1, 0.15) is 5.75 Å². The lowest BCUT2D eigenvalue weighted by Gasteiger charge is -2.29. The molecular formula is C20H27N3OS. The molecule has 1 N–H and O–H groups in total. The molecule has 0 amide bonds. The van der Waals surface area contributed by atoms with Gasteiger partial charge >= 0.3 is 0 Å². The van der Waals surface area contributed by atoms with Crippen LogP contribution in [0, 0.1) is 0 Å². The number of phenols is 1. The van der Waals surface area contributed by atoms with Crippen LogP contribution in [-0.4, -0.2) is 25.7 Å². The highest BCUT2D eigenvalue weighted by molar-refractivity contribution is 8.00. The van der Waals surface area contributed by atoms with Gasteiger partial charge in [0.25, 0.3) is 0 Å². The molecule has 4 nitrogen and oxygen atoms in total. The lowest BCUT2D eigenvalue weighted by atomic mass is 9.78. The van der Waals surface area contributed by atoms with Crippen LogP contribution in [0.4, 0.5) is 0 Å². The van der Waals surface area contributed by atoms with Gasteiger partial charge in [-0.1, -0.05) is 53.3 Å². The summed E-state index contributed by atoms with van der Waals surface area (Å²) in [6.45, 7) is 14.9. The SMILES string of the molecule is CC1Sc2nccn2N=C1c1cc(C(C)(C)C)c(O)c(C(C)(C)C)c1. The number of aromatic hydroxyl groups is 1. The smallest absolute Gasteiger partial charge is 0.189 e. The molecule has 1 unspecified atom stereocenters. The maximum Gasteiger partial charge on any atom is 0.189 e. The number of phenolic OH excluding ortho intramolecular Hbond substituents is 1. The summed E-state index contributed by atoms with van der Waals surface area (Å²) < 4.78 is 1.83. The van der Waals surface area contributed by atoms with Crippen LogP contribution >= 0.6 is 11.8 Å². The standard InChI is InChI=1S/C20H27N3OS/c1-12-16(22-23-9-8-21-18(23)25-12)13-10-14(19(2,3)4)17(24)15(11-13)20(5,6)7/h8-12,24H,1-7H3. The molecule has 0 spiro atoms. The van der Waals surface area contributed by atoms with Crippen LogP contribution in [0.25, 0.3) is 0 Å². The normalized spacial score (nSPS) is 18.0. The van der Waals surface area contributed by atoms with E-state index in [1.807, 2.05) is 10.9 Å². The van der Waals surface area contributed by atoms with Gasteiger partial charge in [0.2, 0.25) is 0 Å². The summed E-state index contributed by atoms with van der Waals surface area (Å²) in [5, 5.41) is 16.8. The van der Waals surface area contributed by atoms with Gasteiger partial charge in [-0.2, -0.15) is 5.10 Å². The number of imidazole rings is 1. The molecule has 134 valence electrons. The molecule has 1 aliphatic heterocycles. The molecule has 0 radical (unpaired) electrons. The maximum atomic E-state index is 10.9. The fraction of sp³-hybridized carbons (Fsp3) is 0.500. The molecule has 2 aromatic rings. The summed E-state index contributed by atoms with van der Waals surface area (Å²) in [5.74, 6) is 0.406. The number of hydrogen-bond donors (Lipinski definition) is 1. The minimum absolute atomic E-state index is 0.147. The number of hydrogen-bond acceptors (Lipinski definition) is 4. The molecule has 0 bridgehead atoms. The van der Waals surface area contributed by atoms with E-state index in [2.05, 4.69) is 65.6 Å². The zero-order chi connectivity index (χ0) is 18.6. The van der Waals surface area contributed by atoms with E-state index in [-0.39, 0.29) is 16.1 Å². The predicted octanol–water partition coefficient (Wildman–Crippen LogP) is 4.93. The summed E-state index contributed by atoms with van der Waals surface area (Å²) in [4.78, 5) is 4.34. The third-order valence-corrected chi connectivity index (χ3v) is 5.57. The molecule has 2 heterocycles. The molecule has 1 aromatic carbocycles. The van der Waals surface area contributed by atoms with Crippen LogP contribution in [-0.2, 0) is 10.8 Å². The van der Waals surface area contributed by atoms with Crippen molar-refractivity contribution < 1.29 is 5.11 Å². The van der Waals surface area contributed by atoms with Crippen molar-refractivity contribution in [2.24, 2.45) is 5.10 Å². The minimum atomic E-state index is -0.147. The van der Waals surface area contributed by atoms with Gasteiger partial charge in [0, 0.05) is 23.5 Å². The molecule has 0 saturated heterocycles. The molecule has 25 heavy (non-hydrogen) atoms.